The molecule has 1 rings (SSSR count). The first-order valence-electron chi connectivity index (χ1n) is 7.78. The Hall–Kier alpha value is -0.120. The molecule has 0 aromatic carbocycles. The van der Waals surface area contributed by atoms with E-state index >= 15 is 0 Å². The van der Waals surface area contributed by atoms with Crippen LogP contribution in [0.1, 0.15) is 52.9 Å². The Kier molecular flexibility index (Phi) is 6.61. The molecular weight excluding hydrogens is 222 g/mol. The zero-order valence-corrected chi connectivity index (χ0v) is 12.9. The van der Waals surface area contributed by atoms with Gasteiger partial charge in [-0.1, -0.05) is 20.8 Å². The van der Waals surface area contributed by atoms with Gasteiger partial charge in [-0.3, -0.25) is 4.90 Å². The Morgan fingerprint density at radius 1 is 1.17 bits per heavy atom. The highest BCUT2D eigenvalue weighted by atomic mass is 15.2. The molecule has 0 spiro atoms. The first-order valence-corrected chi connectivity index (χ1v) is 7.78. The van der Waals surface area contributed by atoms with Gasteiger partial charge >= 0.3 is 0 Å². The van der Waals surface area contributed by atoms with Gasteiger partial charge in [0.1, 0.15) is 0 Å². The van der Waals surface area contributed by atoms with Crippen molar-refractivity contribution in [1.29, 1.82) is 0 Å². The lowest BCUT2D eigenvalue weighted by atomic mass is 9.86. The third-order valence-electron chi connectivity index (χ3n) is 5.08. The van der Waals surface area contributed by atoms with Gasteiger partial charge in [-0.25, -0.2) is 0 Å². The lowest BCUT2D eigenvalue weighted by Crippen LogP contribution is -2.56. The molecule has 0 aliphatic carbocycles. The van der Waals surface area contributed by atoms with Crippen molar-refractivity contribution in [3.63, 3.8) is 0 Å². The molecule has 3 nitrogen and oxygen atoms in total. The van der Waals surface area contributed by atoms with Crippen molar-refractivity contribution in [2.24, 2.45) is 5.73 Å². The van der Waals surface area contributed by atoms with Gasteiger partial charge in [0.15, 0.2) is 0 Å². The van der Waals surface area contributed by atoms with E-state index in [-0.39, 0.29) is 5.54 Å². The molecule has 2 N–H and O–H groups in total. The van der Waals surface area contributed by atoms with Gasteiger partial charge in [0.05, 0.1) is 0 Å². The van der Waals surface area contributed by atoms with E-state index in [0.717, 1.165) is 6.54 Å². The van der Waals surface area contributed by atoms with Gasteiger partial charge < -0.3 is 10.6 Å². The molecule has 1 unspecified atom stereocenters. The van der Waals surface area contributed by atoms with Crippen molar-refractivity contribution in [3.05, 3.63) is 0 Å². The fourth-order valence-electron chi connectivity index (χ4n) is 3.48. The van der Waals surface area contributed by atoms with Crippen LogP contribution in [0.5, 0.6) is 0 Å². The first kappa shape index (κ1) is 15.9. The average molecular weight is 255 g/mol. The third kappa shape index (κ3) is 3.46. The highest BCUT2D eigenvalue weighted by Gasteiger charge is 2.37. The minimum absolute atomic E-state index is 0.237. The minimum Gasteiger partial charge on any atom is -0.329 e. The molecule has 3 heteroatoms. The molecule has 1 aliphatic heterocycles. The summed E-state index contributed by atoms with van der Waals surface area (Å²) in [7, 11) is 2.30. The Labute approximate surface area is 114 Å². The normalized spacial score (nSPS) is 26.8. The van der Waals surface area contributed by atoms with Crippen LogP contribution >= 0.6 is 0 Å². The smallest absolute Gasteiger partial charge is 0.0344 e. The summed E-state index contributed by atoms with van der Waals surface area (Å²) in [6, 6.07) is 0.682. The lowest BCUT2D eigenvalue weighted by Gasteiger charge is -2.45. The first-order chi connectivity index (χ1) is 8.63. The second-order valence-electron chi connectivity index (χ2n) is 5.80. The molecule has 0 radical (unpaired) electrons. The SMILES string of the molecule is CCC(CC)N(C)C1(CN)CCCN(CC)CC1. The van der Waals surface area contributed by atoms with Crippen LogP contribution < -0.4 is 5.73 Å². The number of hydrogen-bond donors (Lipinski definition) is 1. The van der Waals surface area contributed by atoms with E-state index in [9.17, 15) is 0 Å². The Morgan fingerprint density at radius 3 is 2.33 bits per heavy atom. The molecule has 0 amide bonds. The second-order valence-corrected chi connectivity index (χ2v) is 5.80. The van der Waals surface area contributed by atoms with Gasteiger partial charge in [-0.05, 0) is 58.8 Å². The van der Waals surface area contributed by atoms with Crippen LogP contribution in [-0.4, -0.2) is 54.6 Å². The summed E-state index contributed by atoms with van der Waals surface area (Å²) in [5.74, 6) is 0. The minimum atomic E-state index is 0.237. The maximum atomic E-state index is 6.18. The van der Waals surface area contributed by atoms with Gasteiger partial charge in [-0.15, -0.1) is 0 Å². The maximum absolute atomic E-state index is 6.18. The summed E-state index contributed by atoms with van der Waals surface area (Å²) in [5.41, 5.74) is 6.42. The summed E-state index contributed by atoms with van der Waals surface area (Å²) in [6.07, 6.45) is 6.23. The Morgan fingerprint density at radius 2 is 1.83 bits per heavy atom. The lowest BCUT2D eigenvalue weighted by molar-refractivity contribution is 0.0585. The highest BCUT2D eigenvalue weighted by molar-refractivity contribution is 4.95. The molecule has 1 heterocycles. The van der Waals surface area contributed by atoms with E-state index < -0.39 is 0 Å². The Balaban J connectivity index is 2.77. The molecule has 1 fully saturated rings. The molecule has 1 atom stereocenters. The van der Waals surface area contributed by atoms with Crippen LogP contribution in [0.3, 0.4) is 0 Å². The predicted molar refractivity (Wildman–Crippen MR) is 79.9 cm³/mol. The van der Waals surface area contributed by atoms with Crippen LogP contribution in [-0.2, 0) is 0 Å². The summed E-state index contributed by atoms with van der Waals surface area (Å²) >= 11 is 0. The van der Waals surface area contributed by atoms with E-state index in [1.807, 2.05) is 0 Å². The molecule has 0 bridgehead atoms. The van der Waals surface area contributed by atoms with E-state index in [1.165, 1.54) is 51.7 Å². The zero-order valence-electron chi connectivity index (χ0n) is 12.9. The average Bonchev–Trinajstić information content (AvgIpc) is 2.62. The second kappa shape index (κ2) is 7.46. The third-order valence-corrected chi connectivity index (χ3v) is 5.08. The van der Waals surface area contributed by atoms with Crippen LogP contribution in [0.2, 0.25) is 0 Å². The summed E-state index contributed by atoms with van der Waals surface area (Å²) in [6.45, 7) is 11.3. The highest BCUT2D eigenvalue weighted by Crippen LogP contribution is 2.30. The van der Waals surface area contributed by atoms with Crippen LogP contribution in [0.15, 0.2) is 0 Å². The topological polar surface area (TPSA) is 32.5 Å². The summed E-state index contributed by atoms with van der Waals surface area (Å²) in [4.78, 5) is 5.17. The van der Waals surface area contributed by atoms with Crippen molar-refractivity contribution in [3.8, 4) is 0 Å². The molecule has 1 saturated heterocycles. The quantitative estimate of drug-likeness (QED) is 0.790. The van der Waals surface area contributed by atoms with E-state index in [0.29, 0.717) is 6.04 Å². The standard InChI is InChI=1S/C15H33N3/c1-5-14(6-2)17(4)15(13-16)9-8-11-18(7-3)12-10-15/h14H,5-13,16H2,1-4H3. The van der Waals surface area contributed by atoms with E-state index in [4.69, 9.17) is 5.73 Å². The number of nitrogens with zero attached hydrogens (tertiary/aromatic N) is 2. The summed E-state index contributed by atoms with van der Waals surface area (Å²) < 4.78 is 0. The number of hydrogen-bond acceptors (Lipinski definition) is 3. The predicted octanol–water partition coefficient (Wildman–Crippen LogP) is 2.31. The summed E-state index contributed by atoms with van der Waals surface area (Å²) in [5, 5.41) is 0. The fraction of sp³-hybridized carbons (Fsp3) is 1.00. The van der Waals surface area contributed by atoms with Gasteiger partial charge in [-0.2, -0.15) is 0 Å². The van der Waals surface area contributed by atoms with Gasteiger partial charge in [0.25, 0.3) is 0 Å². The number of likely N-dealkylation sites (tertiary alicyclic amines) is 1. The number of nitrogens with two attached hydrogens (primary N) is 1. The molecule has 1 aliphatic rings. The van der Waals surface area contributed by atoms with Crippen molar-refractivity contribution >= 4 is 0 Å². The van der Waals surface area contributed by atoms with E-state index in [1.54, 1.807) is 0 Å². The van der Waals surface area contributed by atoms with Crippen LogP contribution in [0.4, 0.5) is 0 Å². The van der Waals surface area contributed by atoms with E-state index in [2.05, 4.69) is 37.6 Å². The molecule has 0 aromatic heterocycles. The van der Waals surface area contributed by atoms with Crippen LogP contribution in [0.25, 0.3) is 0 Å². The van der Waals surface area contributed by atoms with Gasteiger partial charge in [0.2, 0.25) is 0 Å². The largest absolute Gasteiger partial charge is 0.329 e. The molecule has 0 aromatic rings. The number of rotatable bonds is 6. The number of likely N-dealkylation sites (N-methyl/N-ethyl adjacent to an activating group) is 1. The zero-order chi connectivity index (χ0) is 13.6. The maximum Gasteiger partial charge on any atom is 0.0344 e. The monoisotopic (exact) mass is 255 g/mol. The van der Waals surface area contributed by atoms with Crippen LogP contribution in [0, 0.1) is 0 Å². The molecular formula is C15H33N3. The van der Waals surface area contributed by atoms with Crippen molar-refractivity contribution in [2.45, 2.75) is 64.5 Å². The van der Waals surface area contributed by atoms with Crippen molar-refractivity contribution in [1.82, 2.24) is 9.80 Å². The molecule has 18 heavy (non-hydrogen) atoms. The molecule has 0 saturated carbocycles. The fourth-order valence-corrected chi connectivity index (χ4v) is 3.48. The van der Waals surface area contributed by atoms with Crippen molar-refractivity contribution in [2.75, 3.05) is 33.2 Å². The van der Waals surface area contributed by atoms with Crippen molar-refractivity contribution < 1.29 is 0 Å². The Bertz CT molecular complexity index is 228. The van der Waals surface area contributed by atoms with Gasteiger partial charge in [0, 0.05) is 18.1 Å². The molecule has 108 valence electrons.